The summed E-state index contributed by atoms with van der Waals surface area (Å²) < 4.78 is 0. The highest BCUT2D eigenvalue weighted by molar-refractivity contribution is 8.14. The zero-order chi connectivity index (χ0) is 8.93. The Balaban J connectivity index is 2.05. The topological polar surface area (TPSA) is 25.2 Å². The monoisotopic (exact) mass is 190 g/mol. The molecule has 3 heteroatoms. The predicted octanol–water partition coefficient (Wildman–Crippen LogP) is 2.24. The van der Waals surface area contributed by atoms with E-state index in [1.54, 1.807) is 18.0 Å². The summed E-state index contributed by atoms with van der Waals surface area (Å²) in [5, 5.41) is 1.12. The van der Waals surface area contributed by atoms with Crippen molar-refractivity contribution in [3.63, 3.8) is 0 Å². The van der Waals surface area contributed by atoms with E-state index in [2.05, 4.69) is 9.98 Å². The van der Waals surface area contributed by atoms with E-state index in [9.17, 15) is 0 Å². The summed E-state index contributed by atoms with van der Waals surface area (Å²) >= 11 is 1.80. The van der Waals surface area contributed by atoms with Crippen LogP contribution in [-0.4, -0.2) is 22.3 Å². The number of rotatable bonds is 2. The van der Waals surface area contributed by atoms with Crippen molar-refractivity contribution in [2.75, 3.05) is 12.3 Å². The molecule has 1 aliphatic rings. The van der Waals surface area contributed by atoms with E-state index in [0.717, 1.165) is 23.0 Å². The van der Waals surface area contributed by atoms with Gasteiger partial charge in [-0.25, -0.2) is 0 Å². The zero-order valence-corrected chi connectivity index (χ0v) is 8.00. The fraction of sp³-hybridized carbons (Fsp3) is 0.200. The van der Waals surface area contributed by atoms with Crippen LogP contribution in [0, 0.1) is 0 Å². The van der Waals surface area contributed by atoms with E-state index in [-0.39, 0.29) is 0 Å². The second-order valence-electron chi connectivity index (χ2n) is 2.66. The van der Waals surface area contributed by atoms with Gasteiger partial charge in [0.1, 0.15) is 0 Å². The summed E-state index contributed by atoms with van der Waals surface area (Å²) in [5.74, 6) is 1.11. The standard InChI is InChI=1S/C10H10N2S/c1-2-6-11-9(3-1)4-5-10-12-7-8-13-10/h1-6H,7-8H2/b5-4+. The molecule has 0 saturated carbocycles. The largest absolute Gasteiger partial charge is 0.278 e. The van der Waals surface area contributed by atoms with Gasteiger partial charge in [-0.3, -0.25) is 9.98 Å². The van der Waals surface area contributed by atoms with E-state index in [1.165, 1.54) is 0 Å². The second-order valence-corrected chi connectivity index (χ2v) is 3.77. The predicted molar refractivity (Wildman–Crippen MR) is 58.0 cm³/mol. The maximum Gasteiger partial charge on any atom is 0.0906 e. The van der Waals surface area contributed by atoms with Gasteiger partial charge in [0, 0.05) is 18.5 Å². The number of hydrogen-bond acceptors (Lipinski definition) is 3. The highest BCUT2D eigenvalue weighted by Gasteiger charge is 2.01. The molecule has 0 unspecified atom stereocenters. The lowest BCUT2D eigenvalue weighted by molar-refractivity contribution is 1.18. The van der Waals surface area contributed by atoms with E-state index in [4.69, 9.17) is 0 Å². The van der Waals surface area contributed by atoms with Gasteiger partial charge in [0.2, 0.25) is 0 Å². The zero-order valence-electron chi connectivity index (χ0n) is 7.18. The SMILES string of the molecule is C(=C\c1ccccn1)/C1=NCCS1. The highest BCUT2D eigenvalue weighted by Crippen LogP contribution is 2.13. The van der Waals surface area contributed by atoms with E-state index < -0.39 is 0 Å². The first kappa shape index (κ1) is 8.51. The molecule has 0 aromatic carbocycles. The van der Waals surface area contributed by atoms with Crippen molar-refractivity contribution in [1.29, 1.82) is 0 Å². The lowest BCUT2D eigenvalue weighted by Gasteiger charge is -1.90. The molecule has 0 saturated heterocycles. The average molecular weight is 190 g/mol. The van der Waals surface area contributed by atoms with Crippen LogP contribution >= 0.6 is 11.8 Å². The van der Waals surface area contributed by atoms with Gasteiger partial charge in [0.25, 0.3) is 0 Å². The van der Waals surface area contributed by atoms with Crippen molar-refractivity contribution in [1.82, 2.24) is 4.98 Å². The van der Waals surface area contributed by atoms with Gasteiger partial charge in [-0.15, -0.1) is 11.8 Å². The minimum atomic E-state index is 0.951. The lowest BCUT2D eigenvalue weighted by atomic mass is 10.3. The molecule has 1 aromatic heterocycles. The van der Waals surface area contributed by atoms with Gasteiger partial charge in [-0.05, 0) is 24.3 Å². The molecular formula is C10H10N2S. The third-order valence-corrected chi connectivity index (χ3v) is 2.64. The second kappa shape index (κ2) is 4.23. The smallest absolute Gasteiger partial charge is 0.0906 e. The van der Waals surface area contributed by atoms with Gasteiger partial charge >= 0.3 is 0 Å². The summed E-state index contributed by atoms with van der Waals surface area (Å²) in [7, 11) is 0. The Labute approximate surface area is 81.8 Å². The van der Waals surface area contributed by atoms with Gasteiger partial charge in [0.15, 0.2) is 0 Å². The summed E-state index contributed by atoms with van der Waals surface area (Å²) in [6, 6.07) is 5.88. The third-order valence-electron chi connectivity index (χ3n) is 1.69. The Morgan fingerprint density at radius 2 is 2.31 bits per heavy atom. The molecule has 0 radical (unpaired) electrons. The molecule has 0 N–H and O–H groups in total. The van der Waals surface area contributed by atoms with Crippen LogP contribution in [0.1, 0.15) is 5.69 Å². The normalized spacial score (nSPS) is 16.5. The number of thioether (sulfide) groups is 1. The fourth-order valence-corrected chi connectivity index (χ4v) is 1.82. The fourth-order valence-electron chi connectivity index (χ4n) is 1.08. The molecule has 1 aromatic rings. The van der Waals surface area contributed by atoms with Gasteiger partial charge < -0.3 is 0 Å². The van der Waals surface area contributed by atoms with Crippen LogP contribution in [0.3, 0.4) is 0 Å². The molecule has 2 rings (SSSR count). The molecule has 2 heterocycles. The first-order valence-corrected chi connectivity index (χ1v) is 5.20. The lowest BCUT2D eigenvalue weighted by Crippen LogP contribution is -1.81. The van der Waals surface area contributed by atoms with Crippen LogP contribution in [0.15, 0.2) is 35.5 Å². The summed E-state index contributed by atoms with van der Waals surface area (Å²) in [6.07, 6.45) is 5.82. The summed E-state index contributed by atoms with van der Waals surface area (Å²) in [5.41, 5.74) is 0.984. The number of nitrogens with zero attached hydrogens (tertiary/aromatic N) is 2. The van der Waals surface area contributed by atoms with Gasteiger partial charge in [-0.2, -0.15) is 0 Å². The minimum absolute atomic E-state index is 0.951. The van der Waals surface area contributed by atoms with Crippen molar-refractivity contribution in [3.05, 3.63) is 36.2 Å². The van der Waals surface area contributed by atoms with E-state index in [1.807, 2.05) is 30.4 Å². The van der Waals surface area contributed by atoms with Gasteiger partial charge in [-0.1, -0.05) is 6.07 Å². The molecule has 0 aliphatic carbocycles. The van der Waals surface area contributed by atoms with Crippen LogP contribution in [0.5, 0.6) is 0 Å². The average Bonchev–Trinajstić information content (AvgIpc) is 2.69. The first-order chi connectivity index (χ1) is 6.45. The number of hydrogen-bond donors (Lipinski definition) is 0. The first-order valence-electron chi connectivity index (χ1n) is 4.21. The van der Waals surface area contributed by atoms with Crippen LogP contribution in [0.2, 0.25) is 0 Å². The molecule has 13 heavy (non-hydrogen) atoms. The molecule has 0 spiro atoms. The minimum Gasteiger partial charge on any atom is -0.278 e. The molecule has 1 aliphatic heterocycles. The van der Waals surface area contributed by atoms with Crippen molar-refractivity contribution in [2.45, 2.75) is 0 Å². The molecule has 0 fully saturated rings. The van der Waals surface area contributed by atoms with E-state index >= 15 is 0 Å². The van der Waals surface area contributed by atoms with Crippen LogP contribution < -0.4 is 0 Å². The van der Waals surface area contributed by atoms with Crippen LogP contribution in [-0.2, 0) is 0 Å². The molecule has 66 valence electrons. The molecule has 2 nitrogen and oxygen atoms in total. The maximum absolute atomic E-state index is 4.32. The molecule has 0 bridgehead atoms. The summed E-state index contributed by atoms with van der Waals surface area (Å²) in [6.45, 7) is 0.951. The Hall–Kier alpha value is -1.09. The Bertz CT molecular complexity index is 330. The quantitative estimate of drug-likeness (QED) is 0.714. The number of aromatic nitrogens is 1. The van der Waals surface area contributed by atoms with Gasteiger partial charge in [0.05, 0.1) is 10.7 Å². The van der Waals surface area contributed by atoms with Crippen LogP contribution in [0.25, 0.3) is 6.08 Å². The Morgan fingerprint density at radius 1 is 1.31 bits per heavy atom. The van der Waals surface area contributed by atoms with E-state index in [0.29, 0.717) is 0 Å². The highest BCUT2D eigenvalue weighted by atomic mass is 32.2. The molecular weight excluding hydrogens is 180 g/mol. The van der Waals surface area contributed by atoms with Crippen molar-refractivity contribution in [3.8, 4) is 0 Å². The molecule has 0 amide bonds. The Kier molecular flexibility index (Phi) is 2.77. The third kappa shape index (κ3) is 2.42. The maximum atomic E-state index is 4.32. The van der Waals surface area contributed by atoms with Crippen molar-refractivity contribution >= 4 is 22.9 Å². The summed E-state index contributed by atoms with van der Waals surface area (Å²) in [4.78, 5) is 8.50. The number of pyridine rings is 1. The van der Waals surface area contributed by atoms with Crippen molar-refractivity contribution in [2.24, 2.45) is 4.99 Å². The van der Waals surface area contributed by atoms with Crippen molar-refractivity contribution < 1.29 is 0 Å². The number of aliphatic imine (C=N–C) groups is 1. The molecule has 0 atom stereocenters. The Morgan fingerprint density at radius 3 is 3.00 bits per heavy atom. The van der Waals surface area contributed by atoms with Crippen LogP contribution in [0.4, 0.5) is 0 Å².